The van der Waals surface area contributed by atoms with Crippen molar-refractivity contribution in [3.8, 4) is 0 Å². The van der Waals surface area contributed by atoms with Gasteiger partial charge in [-0.15, -0.1) is 0 Å². The van der Waals surface area contributed by atoms with Crippen LogP contribution in [-0.4, -0.2) is 17.6 Å². The van der Waals surface area contributed by atoms with Crippen molar-refractivity contribution >= 4 is 5.97 Å². The molecule has 1 saturated carbocycles. The first-order valence-corrected chi connectivity index (χ1v) is 6.06. The van der Waals surface area contributed by atoms with E-state index in [1.807, 2.05) is 0 Å². The van der Waals surface area contributed by atoms with Crippen LogP contribution in [-0.2, 0) is 4.79 Å². The van der Waals surface area contributed by atoms with Gasteiger partial charge in [0.15, 0.2) is 0 Å². The Morgan fingerprint density at radius 2 is 2.27 bits per heavy atom. The first kappa shape index (κ1) is 12.5. The predicted octanol–water partition coefficient (Wildman–Crippen LogP) is 2.40. The second-order valence-corrected chi connectivity index (χ2v) is 4.87. The second kappa shape index (κ2) is 5.50. The molecule has 0 spiro atoms. The molecule has 3 heteroatoms. The standard InChI is InChI=1S/C12H23NO2/c1-2-3-4-5-10-6-7-12(10,9-13)8-11(14)15/h10H,2-9,13H2,1H3,(H,14,15)/t10-,12-/m1/s1. The molecule has 0 aliphatic heterocycles. The maximum atomic E-state index is 10.8. The van der Waals surface area contributed by atoms with Gasteiger partial charge >= 0.3 is 5.97 Å². The molecule has 0 heterocycles. The number of nitrogens with two attached hydrogens (primary N) is 1. The van der Waals surface area contributed by atoms with Crippen molar-refractivity contribution in [3.05, 3.63) is 0 Å². The fourth-order valence-electron chi connectivity index (χ4n) is 2.72. The second-order valence-electron chi connectivity index (χ2n) is 4.87. The highest BCUT2D eigenvalue weighted by Crippen LogP contribution is 2.50. The molecule has 0 unspecified atom stereocenters. The smallest absolute Gasteiger partial charge is 0.303 e. The number of hydrogen-bond donors (Lipinski definition) is 2. The predicted molar refractivity (Wildman–Crippen MR) is 60.6 cm³/mol. The highest BCUT2D eigenvalue weighted by Gasteiger charge is 2.46. The minimum Gasteiger partial charge on any atom is -0.481 e. The highest BCUT2D eigenvalue weighted by molar-refractivity contribution is 5.68. The maximum Gasteiger partial charge on any atom is 0.303 e. The third-order valence-electron chi connectivity index (χ3n) is 3.92. The number of aliphatic carboxylic acids is 1. The minimum absolute atomic E-state index is 0.0699. The molecule has 0 amide bonds. The van der Waals surface area contributed by atoms with E-state index in [0.29, 0.717) is 12.5 Å². The normalized spacial score (nSPS) is 29.9. The molecule has 1 aliphatic rings. The Balaban J connectivity index is 2.40. The number of rotatable bonds is 7. The van der Waals surface area contributed by atoms with E-state index in [1.54, 1.807) is 0 Å². The summed E-state index contributed by atoms with van der Waals surface area (Å²) in [6.45, 7) is 2.73. The molecule has 1 fully saturated rings. The lowest BCUT2D eigenvalue weighted by Gasteiger charge is -2.48. The van der Waals surface area contributed by atoms with E-state index in [9.17, 15) is 4.79 Å². The van der Waals surface area contributed by atoms with Gasteiger partial charge in [0.2, 0.25) is 0 Å². The molecule has 3 N–H and O–H groups in total. The van der Waals surface area contributed by atoms with Crippen LogP contribution in [0, 0.1) is 11.3 Å². The van der Waals surface area contributed by atoms with E-state index in [1.165, 1.54) is 32.1 Å². The lowest BCUT2D eigenvalue weighted by molar-refractivity contribution is -0.143. The Bertz CT molecular complexity index is 214. The van der Waals surface area contributed by atoms with Gasteiger partial charge in [-0.3, -0.25) is 4.79 Å². The Kier molecular flexibility index (Phi) is 4.58. The van der Waals surface area contributed by atoms with Gasteiger partial charge < -0.3 is 10.8 Å². The van der Waals surface area contributed by atoms with Gasteiger partial charge in [0.1, 0.15) is 0 Å². The number of unbranched alkanes of at least 4 members (excludes halogenated alkanes) is 2. The Morgan fingerprint density at radius 3 is 2.67 bits per heavy atom. The molecule has 1 aliphatic carbocycles. The van der Waals surface area contributed by atoms with Gasteiger partial charge in [0.05, 0.1) is 6.42 Å². The van der Waals surface area contributed by atoms with Crippen LogP contribution in [0.4, 0.5) is 0 Å². The molecular formula is C12H23NO2. The molecule has 0 saturated heterocycles. The molecule has 2 atom stereocenters. The SMILES string of the molecule is CCCCC[C@@H]1CC[C@]1(CN)CC(=O)O. The van der Waals surface area contributed by atoms with Gasteiger partial charge in [-0.25, -0.2) is 0 Å². The molecule has 0 bridgehead atoms. The molecule has 88 valence electrons. The van der Waals surface area contributed by atoms with Crippen LogP contribution in [0.3, 0.4) is 0 Å². The molecule has 0 radical (unpaired) electrons. The summed E-state index contributed by atoms with van der Waals surface area (Å²) in [6.07, 6.45) is 7.31. The largest absolute Gasteiger partial charge is 0.481 e. The zero-order valence-electron chi connectivity index (χ0n) is 9.67. The number of carbonyl (C=O) groups is 1. The van der Waals surface area contributed by atoms with E-state index in [4.69, 9.17) is 10.8 Å². The zero-order chi connectivity index (χ0) is 11.3. The molecule has 0 aromatic rings. The third kappa shape index (κ3) is 2.94. The summed E-state index contributed by atoms with van der Waals surface area (Å²) in [7, 11) is 0. The average molecular weight is 213 g/mol. The average Bonchev–Trinajstić information content (AvgIpc) is 2.19. The Morgan fingerprint density at radius 1 is 1.53 bits per heavy atom. The van der Waals surface area contributed by atoms with Crippen LogP contribution >= 0.6 is 0 Å². The summed E-state index contributed by atoms with van der Waals surface area (Å²) >= 11 is 0. The summed E-state index contributed by atoms with van der Waals surface area (Å²) in [5, 5.41) is 8.88. The van der Waals surface area contributed by atoms with E-state index >= 15 is 0 Å². The van der Waals surface area contributed by atoms with Crippen molar-refractivity contribution in [1.82, 2.24) is 0 Å². The number of hydrogen-bond acceptors (Lipinski definition) is 2. The Labute approximate surface area is 92.0 Å². The van der Waals surface area contributed by atoms with Crippen molar-refractivity contribution < 1.29 is 9.90 Å². The van der Waals surface area contributed by atoms with Crippen LogP contribution in [0.5, 0.6) is 0 Å². The van der Waals surface area contributed by atoms with Crippen molar-refractivity contribution in [1.29, 1.82) is 0 Å². The first-order chi connectivity index (χ1) is 7.14. The van der Waals surface area contributed by atoms with Gasteiger partial charge in [-0.2, -0.15) is 0 Å². The molecule has 3 nitrogen and oxygen atoms in total. The van der Waals surface area contributed by atoms with Gasteiger partial charge in [0.25, 0.3) is 0 Å². The number of carboxylic acids is 1. The van der Waals surface area contributed by atoms with Gasteiger partial charge in [-0.1, -0.05) is 26.2 Å². The number of carboxylic acid groups (broad SMARTS) is 1. The fraction of sp³-hybridized carbons (Fsp3) is 0.917. The van der Waals surface area contributed by atoms with E-state index in [0.717, 1.165) is 6.42 Å². The fourth-order valence-corrected chi connectivity index (χ4v) is 2.72. The Hall–Kier alpha value is -0.570. The summed E-state index contributed by atoms with van der Waals surface area (Å²) < 4.78 is 0. The van der Waals surface area contributed by atoms with Crippen LogP contribution in [0.1, 0.15) is 51.9 Å². The lowest BCUT2D eigenvalue weighted by Crippen LogP contribution is -2.47. The monoisotopic (exact) mass is 213 g/mol. The summed E-state index contributed by atoms with van der Waals surface area (Å²) in [5.41, 5.74) is 5.68. The molecule has 0 aromatic heterocycles. The van der Waals surface area contributed by atoms with Crippen LogP contribution in [0.15, 0.2) is 0 Å². The summed E-state index contributed by atoms with van der Waals surface area (Å²) in [4.78, 5) is 10.8. The highest BCUT2D eigenvalue weighted by atomic mass is 16.4. The quantitative estimate of drug-likeness (QED) is 0.638. The molecule has 0 aromatic carbocycles. The minimum atomic E-state index is -0.694. The summed E-state index contributed by atoms with van der Waals surface area (Å²) in [6, 6.07) is 0. The van der Waals surface area contributed by atoms with E-state index in [2.05, 4.69) is 6.92 Å². The van der Waals surface area contributed by atoms with Crippen molar-refractivity contribution in [3.63, 3.8) is 0 Å². The van der Waals surface area contributed by atoms with Gasteiger partial charge in [-0.05, 0) is 37.1 Å². The maximum absolute atomic E-state index is 10.8. The lowest BCUT2D eigenvalue weighted by atomic mass is 9.57. The van der Waals surface area contributed by atoms with Crippen molar-refractivity contribution in [2.75, 3.05) is 6.54 Å². The summed E-state index contributed by atoms with van der Waals surface area (Å²) in [5.74, 6) is -0.134. The van der Waals surface area contributed by atoms with Crippen LogP contribution < -0.4 is 5.73 Å². The van der Waals surface area contributed by atoms with Crippen molar-refractivity contribution in [2.45, 2.75) is 51.9 Å². The first-order valence-electron chi connectivity index (χ1n) is 6.06. The topological polar surface area (TPSA) is 63.3 Å². The van der Waals surface area contributed by atoms with E-state index in [-0.39, 0.29) is 11.8 Å². The van der Waals surface area contributed by atoms with E-state index < -0.39 is 5.97 Å². The zero-order valence-corrected chi connectivity index (χ0v) is 9.67. The van der Waals surface area contributed by atoms with Crippen LogP contribution in [0.25, 0.3) is 0 Å². The van der Waals surface area contributed by atoms with Crippen LogP contribution in [0.2, 0.25) is 0 Å². The molecule has 1 rings (SSSR count). The molecular weight excluding hydrogens is 190 g/mol. The molecule has 15 heavy (non-hydrogen) atoms. The third-order valence-corrected chi connectivity index (χ3v) is 3.92. The van der Waals surface area contributed by atoms with Crippen molar-refractivity contribution in [2.24, 2.45) is 17.1 Å². The van der Waals surface area contributed by atoms with Gasteiger partial charge in [0, 0.05) is 0 Å².